The number of carbonyl (C=O) groups excluding carboxylic acids is 1. The number of carbonyl (C=O) groups is 1. The molecule has 0 saturated carbocycles. The maximum atomic E-state index is 11.9. The summed E-state index contributed by atoms with van der Waals surface area (Å²) in [6.45, 7) is 8.92. The largest absolute Gasteiger partial charge is 0.497 e. The maximum Gasteiger partial charge on any atom is 0.221 e. The van der Waals surface area contributed by atoms with E-state index in [1.807, 2.05) is 31.2 Å². The molecule has 0 aliphatic heterocycles. The Kier molecular flexibility index (Phi) is 6.02. The van der Waals surface area contributed by atoms with Gasteiger partial charge in [0, 0.05) is 18.5 Å². The summed E-state index contributed by atoms with van der Waals surface area (Å²) in [6.07, 6.45) is 0.478. The molecular weight excluding hydrogens is 252 g/mol. The van der Waals surface area contributed by atoms with Crippen molar-refractivity contribution in [2.24, 2.45) is 0 Å². The van der Waals surface area contributed by atoms with Crippen LogP contribution in [0.1, 0.15) is 45.7 Å². The van der Waals surface area contributed by atoms with Crippen LogP contribution in [0.5, 0.6) is 5.75 Å². The molecule has 1 atom stereocenters. The Morgan fingerprint density at radius 1 is 1.35 bits per heavy atom. The van der Waals surface area contributed by atoms with Gasteiger partial charge in [0.25, 0.3) is 0 Å². The highest BCUT2D eigenvalue weighted by atomic mass is 16.5. The van der Waals surface area contributed by atoms with Gasteiger partial charge >= 0.3 is 0 Å². The molecule has 0 bridgehead atoms. The second-order valence-electron chi connectivity index (χ2n) is 5.99. The van der Waals surface area contributed by atoms with Crippen molar-refractivity contribution in [3.8, 4) is 5.75 Å². The predicted molar refractivity (Wildman–Crippen MR) is 81.9 cm³/mol. The SMILES string of the molecule is COc1cccc([C@H](C)NC(=O)CCNC(C)(C)C)c1. The minimum absolute atomic E-state index is 0.0211. The standard InChI is InChI=1S/C16H26N2O2/c1-12(13-7-6-8-14(11-13)20-5)18-15(19)9-10-17-16(2,3)4/h6-8,11-12,17H,9-10H2,1-5H3,(H,18,19)/t12-/m0/s1. The third-order valence-electron chi connectivity index (χ3n) is 2.98. The van der Waals surface area contributed by atoms with Gasteiger partial charge in [-0.15, -0.1) is 0 Å². The van der Waals surface area contributed by atoms with E-state index in [0.29, 0.717) is 13.0 Å². The van der Waals surface area contributed by atoms with Gasteiger partial charge in [-0.2, -0.15) is 0 Å². The molecule has 2 N–H and O–H groups in total. The van der Waals surface area contributed by atoms with Crippen LogP contribution in [0.15, 0.2) is 24.3 Å². The summed E-state index contributed by atoms with van der Waals surface area (Å²) in [7, 11) is 1.64. The number of amides is 1. The molecule has 0 spiro atoms. The van der Waals surface area contributed by atoms with Crippen LogP contribution in [-0.4, -0.2) is 25.1 Å². The summed E-state index contributed by atoms with van der Waals surface area (Å²) in [4.78, 5) is 11.9. The van der Waals surface area contributed by atoms with Gasteiger partial charge in [0.2, 0.25) is 5.91 Å². The Morgan fingerprint density at radius 2 is 2.05 bits per heavy atom. The summed E-state index contributed by atoms with van der Waals surface area (Å²) in [5, 5.41) is 6.30. The number of benzene rings is 1. The molecule has 0 radical (unpaired) electrons. The molecule has 1 rings (SSSR count). The first-order valence-electron chi connectivity index (χ1n) is 7.00. The number of hydrogen-bond acceptors (Lipinski definition) is 3. The average molecular weight is 278 g/mol. The molecule has 0 aliphatic rings. The Labute approximate surface area is 121 Å². The first kappa shape index (κ1) is 16.5. The Balaban J connectivity index is 2.44. The molecule has 0 aromatic heterocycles. The Morgan fingerprint density at radius 3 is 2.65 bits per heavy atom. The van der Waals surface area contributed by atoms with E-state index in [9.17, 15) is 4.79 Å². The monoisotopic (exact) mass is 278 g/mol. The lowest BCUT2D eigenvalue weighted by Crippen LogP contribution is -2.38. The number of ether oxygens (including phenoxy) is 1. The van der Waals surface area contributed by atoms with Gasteiger partial charge < -0.3 is 15.4 Å². The van der Waals surface area contributed by atoms with Crippen molar-refractivity contribution in [2.45, 2.75) is 45.7 Å². The van der Waals surface area contributed by atoms with Crippen LogP contribution in [-0.2, 0) is 4.79 Å². The van der Waals surface area contributed by atoms with Crippen molar-refractivity contribution in [3.63, 3.8) is 0 Å². The molecule has 112 valence electrons. The highest BCUT2D eigenvalue weighted by molar-refractivity contribution is 5.76. The zero-order valence-corrected chi connectivity index (χ0v) is 13.1. The number of methoxy groups -OCH3 is 1. The number of rotatable bonds is 6. The van der Waals surface area contributed by atoms with E-state index in [4.69, 9.17) is 4.74 Å². The molecule has 1 aromatic rings. The van der Waals surface area contributed by atoms with E-state index in [-0.39, 0.29) is 17.5 Å². The van der Waals surface area contributed by atoms with E-state index < -0.39 is 0 Å². The lowest BCUT2D eigenvalue weighted by Gasteiger charge is -2.21. The molecule has 20 heavy (non-hydrogen) atoms. The minimum atomic E-state index is -0.0211. The number of nitrogens with one attached hydrogen (secondary N) is 2. The van der Waals surface area contributed by atoms with Gasteiger partial charge in [-0.25, -0.2) is 0 Å². The van der Waals surface area contributed by atoms with E-state index in [1.54, 1.807) is 7.11 Å². The zero-order chi connectivity index (χ0) is 15.2. The summed E-state index contributed by atoms with van der Waals surface area (Å²) in [5.41, 5.74) is 1.08. The fourth-order valence-electron chi connectivity index (χ4n) is 1.86. The van der Waals surface area contributed by atoms with Crippen LogP contribution < -0.4 is 15.4 Å². The highest BCUT2D eigenvalue weighted by Gasteiger charge is 2.12. The molecule has 0 aliphatic carbocycles. The molecular formula is C16H26N2O2. The van der Waals surface area contributed by atoms with E-state index >= 15 is 0 Å². The van der Waals surface area contributed by atoms with Crippen molar-refractivity contribution in [3.05, 3.63) is 29.8 Å². The van der Waals surface area contributed by atoms with Crippen LogP contribution in [0, 0.1) is 0 Å². The normalized spacial score (nSPS) is 12.8. The third kappa shape index (κ3) is 6.06. The lowest BCUT2D eigenvalue weighted by atomic mass is 10.1. The van der Waals surface area contributed by atoms with Crippen LogP contribution in [0.3, 0.4) is 0 Å². The first-order valence-corrected chi connectivity index (χ1v) is 7.00. The van der Waals surface area contributed by atoms with E-state index in [1.165, 1.54) is 0 Å². The second kappa shape index (κ2) is 7.29. The van der Waals surface area contributed by atoms with Crippen LogP contribution >= 0.6 is 0 Å². The molecule has 4 nitrogen and oxygen atoms in total. The van der Waals surface area contributed by atoms with Crippen molar-refractivity contribution in [1.82, 2.24) is 10.6 Å². The molecule has 0 fully saturated rings. The third-order valence-corrected chi connectivity index (χ3v) is 2.98. The minimum Gasteiger partial charge on any atom is -0.497 e. The average Bonchev–Trinajstić information content (AvgIpc) is 2.37. The van der Waals surface area contributed by atoms with Gasteiger partial charge in [-0.1, -0.05) is 12.1 Å². The van der Waals surface area contributed by atoms with Crippen molar-refractivity contribution in [2.75, 3.05) is 13.7 Å². The van der Waals surface area contributed by atoms with Gasteiger partial charge in [0.15, 0.2) is 0 Å². The lowest BCUT2D eigenvalue weighted by molar-refractivity contribution is -0.121. The molecule has 1 amide bonds. The van der Waals surface area contributed by atoms with Crippen molar-refractivity contribution < 1.29 is 9.53 Å². The van der Waals surface area contributed by atoms with Crippen LogP contribution in [0.25, 0.3) is 0 Å². The summed E-state index contributed by atoms with van der Waals surface area (Å²) in [5.74, 6) is 0.857. The number of hydrogen-bond donors (Lipinski definition) is 2. The smallest absolute Gasteiger partial charge is 0.221 e. The van der Waals surface area contributed by atoms with Crippen molar-refractivity contribution >= 4 is 5.91 Å². The van der Waals surface area contributed by atoms with Gasteiger partial charge in [0.05, 0.1) is 13.2 Å². The van der Waals surface area contributed by atoms with Gasteiger partial charge in [-0.3, -0.25) is 4.79 Å². The maximum absolute atomic E-state index is 11.9. The summed E-state index contributed by atoms with van der Waals surface area (Å²) in [6, 6.07) is 7.73. The Bertz CT molecular complexity index is 438. The molecule has 1 aromatic carbocycles. The molecule has 0 unspecified atom stereocenters. The van der Waals surface area contributed by atoms with Gasteiger partial charge in [0.1, 0.15) is 5.75 Å². The van der Waals surface area contributed by atoms with E-state index in [2.05, 4.69) is 31.4 Å². The Hall–Kier alpha value is -1.55. The van der Waals surface area contributed by atoms with Gasteiger partial charge in [-0.05, 0) is 45.4 Å². The van der Waals surface area contributed by atoms with Crippen molar-refractivity contribution in [1.29, 1.82) is 0 Å². The van der Waals surface area contributed by atoms with Crippen LogP contribution in [0.4, 0.5) is 0 Å². The topological polar surface area (TPSA) is 50.4 Å². The molecule has 4 heteroatoms. The summed E-state index contributed by atoms with van der Waals surface area (Å²) < 4.78 is 5.19. The fourth-order valence-corrected chi connectivity index (χ4v) is 1.86. The zero-order valence-electron chi connectivity index (χ0n) is 13.1. The quantitative estimate of drug-likeness (QED) is 0.841. The summed E-state index contributed by atoms with van der Waals surface area (Å²) >= 11 is 0. The first-order chi connectivity index (χ1) is 9.31. The fraction of sp³-hybridized carbons (Fsp3) is 0.562. The molecule has 0 heterocycles. The predicted octanol–water partition coefficient (Wildman–Crippen LogP) is 2.65. The van der Waals surface area contributed by atoms with E-state index in [0.717, 1.165) is 11.3 Å². The highest BCUT2D eigenvalue weighted by Crippen LogP contribution is 2.18. The second-order valence-corrected chi connectivity index (χ2v) is 5.99. The van der Waals surface area contributed by atoms with Crippen LogP contribution in [0.2, 0.25) is 0 Å². The molecule has 0 saturated heterocycles.